The van der Waals surface area contributed by atoms with Crippen molar-refractivity contribution in [2.45, 2.75) is 46.7 Å². The van der Waals surface area contributed by atoms with Gasteiger partial charge in [-0.05, 0) is 30.4 Å². The molecule has 2 aromatic carbocycles. The van der Waals surface area contributed by atoms with E-state index in [-0.39, 0.29) is 6.04 Å². The van der Waals surface area contributed by atoms with Crippen LogP contribution in [0.3, 0.4) is 0 Å². The maximum atomic E-state index is 5.99. The lowest BCUT2D eigenvalue weighted by Crippen LogP contribution is -2.25. The van der Waals surface area contributed by atoms with Crippen molar-refractivity contribution in [2.75, 3.05) is 0 Å². The minimum atomic E-state index is 0.193. The van der Waals surface area contributed by atoms with E-state index < -0.39 is 0 Å². The Balaban J connectivity index is 1.52. The topological polar surface area (TPSA) is 77.0 Å². The van der Waals surface area contributed by atoms with Crippen LogP contribution in [0.1, 0.15) is 49.6 Å². The van der Waals surface area contributed by atoms with E-state index in [0.717, 1.165) is 17.5 Å². The number of hydrogen-bond acceptors (Lipinski definition) is 6. The molecule has 0 amide bonds. The minimum absolute atomic E-state index is 0.193. The number of aryl methyl sites for hydroxylation is 2. The van der Waals surface area contributed by atoms with Gasteiger partial charge in [-0.1, -0.05) is 80.5 Å². The summed E-state index contributed by atoms with van der Waals surface area (Å²) in [6, 6.07) is 18.8. The maximum absolute atomic E-state index is 5.99. The van der Waals surface area contributed by atoms with Gasteiger partial charge >= 0.3 is 0 Å². The normalized spacial score (nSPS) is 12.4. The third-order valence-corrected chi connectivity index (χ3v) is 5.48. The number of nitrogens with one attached hydrogen (secondary N) is 1. The second-order valence-electron chi connectivity index (χ2n) is 8.03. The molecule has 0 aliphatic rings. The van der Waals surface area contributed by atoms with Crippen molar-refractivity contribution in [3.63, 3.8) is 0 Å². The molecule has 0 spiro atoms. The SMILES string of the molecule is CCc1ccc([C@H](NCc2nnc(-c3c(-c4ccccc4)noc3C)o2)C(C)C)cc1. The summed E-state index contributed by atoms with van der Waals surface area (Å²) < 4.78 is 11.4. The van der Waals surface area contributed by atoms with Crippen LogP contribution in [0.2, 0.25) is 0 Å². The average Bonchev–Trinajstić information content (AvgIpc) is 3.41. The molecule has 1 N–H and O–H groups in total. The van der Waals surface area contributed by atoms with E-state index in [1.165, 1.54) is 11.1 Å². The lowest BCUT2D eigenvalue weighted by Gasteiger charge is -2.22. The molecular formula is C25H28N4O2. The van der Waals surface area contributed by atoms with Crippen molar-refractivity contribution >= 4 is 0 Å². The molecule has 0 saturated carbocycles. The summed E-state index contributed by atoms with van der Waals surface area (Å²) in [6.07, 6.45) is 1.04. The van der Waals surface area contributed by atoms with Crippen LogP contribution >= 0.6 is 0 Å². The van der Waals surface area contributed by atoms with Gasteiger partial charge in [0.25, 0.3) is 5.89 Å². The van der Waals surface area contributed by atoms with Gasteiger partial charge < -0.3 is 14.3 Å². The molecule has 2 aromatic heterocycles. The van der Waals surface area contributed by atoms with Crippen molar-refractivity contribution in [3.05, 3.63) is 77.4 Å². The van der Waals surface area contributed by atoms with Crippen LogP contribution in [-0.4, -0.2) is 15.4 Å². The van der Waals surface area contributed by atoms with Gasteiger partial charge in [-0.2, -0.15) is 0 Å². The maximum Gasteiger partial charge on any atom is 0.253 e. The predicted octanol–water partition coefficient (Wildman–Crippen LogP) is 5.75. The lowest BCUT2D eigenvalue weighted by molar-refractivity contribution is 0.379. The van der Waals surface area contributed by atoms with Gasteiger partial charge in [-0.25, -0.2) is 0 Å². The van der Waals surface area contributed by atoms with Crippen LogP contribution in [-0.2, 0) is 13.0 Å². The first-order valence-corrected chi connectivity index (χ1v) is 10.7. The summed E-state index contributed by atoms with van der Waals surface area (Å²) in [6.45, 7) is 8.91. The van der Waals surface area contributed by atoms with Gasteiger partial charge in [0.05, 0.1) is 6.54 Å². The van der Waals surface area contributed by atoms with Crippen molar-refractivity contribution in [1.82, 2.24) is 20.7 Å². The standard InChI is InChI=1S/C25H28N4O2/c1-5-18-11-13-20(14-12-18)23(16(2)3)26-15-21-27-28-25(30-21)22-17(4)31-29-24(22)19-9-7-6-8-10-19/h6-14,16,23,26H,5,15H2,1-4H3/t23-/m1/s1. The molecule has 31 heavy (non-hydrogen) atoms. The fourth-order valence-electron chi connectivity index (χ4n) is 3.74. The summed E-state index contributed by atoms with van der Waals surface area (Å²) in [4.78, 5) is 0. The van der Waals surface area contributed by atoms with E-state index >= 15 is 0 Å². The summed E-state index contributed by atoms with van der Waals surface area (Å²) in [5.41, 5.74) is 4.99. The molecule has 2 heterocycles. The Morgan fingerprint density at radius 1 is 0.968 bits per heavy atom. The first kappa shape index (κ1) is 21.0. The second kappa shape index (κ2) is 9.27. The smallest absolute Gasteiger partial charge is 0.253 e. The molecule has 0 radical (unpaired) electrons. The molecule has 0 saturated heterocycles. The van der Waals surface area contributed by atoms with E-state index in [1.807, 2.05) is 37.3 Å². The van der Waals surface area contributed by atoms with E-state index in [9.17, 15) is 0 Å². The summed E-state index contributed by atoms with van der Waals surface area (Å²) in [7, 11) is 0. The van der Waals surface area contributed by atoms with Gasteiger partial charge in [0.2, 0.25) is 5.89 Å². The minimum Gasteiger partial charge on any atom is -0.419 e. The first-order chi connectivity index (χ1) is 15.1. The zero-order valence-corrected chi connectivity index (χ0v) is 18.4. The molecule has 0 aliphatic heterocycles. The molecule has 4 rings (SSSR count). The number of benzene rings is 2. The van der Waals surface area contributed by atoms with Gasteiger partial charge in [0, 0.05) is 11.6 Å². The Labute approximate surface area is 182 Å². The zero-order chi connectivity index (χ0) is 21.8. The van der Waals surface area contributed by atoms with Gasteiger partial charge in [0.15, 0.2) is 0 Å². The Morgan fingerprint density at radius 3 is 2.39 bits per heavy atom. The number of nitrogens with zero attached hydrogens (tertiary/aromatic N) is 3. The Hall–Kier alpha value is -3.25. The van der Waals surface area contributed by atoms with Crippen molar-refractivity contribution in [2.24, 2.45) is 5.92 Å². The van der Waals surface area contributed by atoms with Crippen LogP contribution in [0.4, 0.5) is 0 Å². The van der Waals surface area contributed by atoms with Crippen LogP contribution in [0.25, 0.3) is 22.7 Å². The molecule has 0 fully saturated rings. The largest absolute Gasteiger partial charge is 0.419 e. The Bertz CT molecular complexity index is 1110. The molecule has 4 aromatic rings. The molecular weight excluding hydrogens is 388 g/mol. The highest BCUT2D eigenvalue weighted by Crippen LogP contribution is 2.33. The number of hydrogen-bond donors (Lipinski definition) is 1. The van der Waals surface area contributed by atoms with Gasteiger partial charge in [-0.3, -0.25) is 0 Å². The molecule has 6 nitrogen and oxygen atoms in total. The third kappa shape index (κ3) is 4.59. The number of aromatic nitrogens is 3. The van der Waals surface area contributed by atoms with Gasteiger partial charge in [0.1, 0.15) is 17.0 Å². The lowest BCUT2D eigenvalue weighted by atomic mass is 9.95. The van der Waals surface area contributed by atoms with E-state index in [1.54, 1.807) is 0 Å². The summed E-state index contributed by atoms with van der Waals surface area (Å²) in [5, 5.41) is 16.3. The number of rotatable bonds is 8. The quantitative estimate of drug-likeness (QED) is 0.394. The van der Waals surface area contributed by atoms with Crippen LogP contribution < -0.4 is 5.32 Å². The fourth-order valence-corrected chi connectivity index (χ4v) is 3.74. The summed E-state index contributed by atoms with van der Waals surface area (Å²) >= 11 is 0. The molecule has 6 heteroatoms. The monoisotopic (exact) mass is 416 g/mol. The van der Waals surface area contributed by atoms with Crippen molar-refractivity contribution < 1.29 is 8.94 Å². The van der Waals surface area contributed by atoms with Crippen molar-refractivity contribution in [3.8, 4) is 22.7 Å². The van der Waals surface area contributed by atoms with Crippen LogP contribution in [0, 0.1) is 12.8 Å². The average molecular weight is 417 g/mol. The Morgan fingerprint density at radius 2 is 1.71 bits per heavy atom. The van der Waals surface area contributed by atoms with Crippen molar-refractivity contribution in [1.29, 1.82) is 0 Å². The predicted molar refractivity (Wildman–Crippen MR) is 120 cm³/mol. The Kier molecular flexibility index (Phi) is 6.28. The van der Waals surface area contributed by atoms with Gasteiger partial charge in [-0.15, -0.1) is 10.2 Å². The first-order valence-electron chi connectivity index (χ1n) is 10.7. The highest BCUT2D eigenvalue weighted by atomic mass is 16.5. The molecule has 0 bridgehead atoms. The van der Waals surface area contributed by atoms with Crippen LogP contribution in [0.5, 0.6) is 0 Å². The highest BCUT2D eigenvalue weighted by Gasteiger charge is 2.22. The third-order valence-electron chi connectivity index (χ3n) is 5.48. The summed E-state index contributed by atoms with van der Waals surface area (Å²) in [5.74, 6) is 2.02. The van der Waals surface area contributed by atoms with E-state index in [4.69, 9.17) is 8.94 Å². The second-order valence-corrected chi connectivity index (χ2v) is 8.03. The molecule has 0 unspecified atom stereocenters. The molecule has 160 valence electrons. The zero-order valence-electron chi connectivity index (χ0n) is 18.4. The fraction of sp³-hybridized carbons (Fsp3) is 0.320. The molecule has 1 atom stereocenters. The highest BCUT2D eigenvalue weighted by molar-refractivity contribution is 5.77. The molecule has 0 aliphatic carbocycles. The van der Waals surface area contributed by atoms with E-state index in [0.29, 0.717) is 35.7 Å². The van der Waals surface area contributed by atoms with E-state index in [2.05, 4.69) is 65.7 Å². The van der Waals surface area contributed by atoms with Crippen LogP contribution in [0.15, 0.2) is 63.5 Å².